The van der Waals surface area contributed by atoms with Gasteiger partial charge in [-0.1, -0.05) is 23.7 Å². The first kappa shape index (κ1) is 22.1. The number of hydrogen-bond acceptors (Lipinski definition) is 5. The van der Waals surface area contributed by atoms with Crippen LogP contribution >= 0.6 is 11.6 Å². The van der Waals surface area contributed by atoms with Gasteiger partial charge in [0.25, 0.3) is 0 Å². The average Bonchev–Trinajstić information content (AvgIpc) is 2.73. The predicted molar refractivity (Wildman–Crippen MR) is 109 cm³/mol. The third kappa shape index (κ3) is 5.53. The minimum atomic E-state index is -1.02. The van der Waals surface area contributed by atoms with Crippen molar-refractivity contribution in [2.75, 3.05) is 45.2 Å². The lowest BCUT2D eigenvalue weighted by atomic mass is 10.0. The Morgan fingerprint density at radius 3 is 2.33 bits per heavy atom. The third-order valence-corrected chi connectivity index (χ3v) is 5.20. The van der Waals surface area contributed by atoms with Gasteiger partial charge in [-0.05, 0) is 29.8 Å². The van der Waals surface area contributed by atoms with E-state index in [0.717, 1.165) is 17.7 Å². The number of carbonyl (C=O) groups is 2. The van der Waals surface area contributed by atoms with E-state index in [1.54, 1.807) is 24.3 Å². The van der Waals surface area contributed by atoms with E-state index in [4.69, 9.17) is 16.3 Å². The number of ether oxygens (including phenoxy) is 1. The van der Waals surface area contributed by atoms with Gasteiger partial charge in [0.2, 0.25) is 5.91 Å². The van der Waals surface area contributed by atoms with Crippen molar-refractivity contribution in [2.45, 2.75) is 6.04 Å². The lowest BCUT2D eigenvalue weighted by Crippen LogP contribution is -2.51. The van der Waals surface area contributed by atoms with Gasteiger partial charge in [0.1, 0.15) is 6.04 Å². The van der Waals surface area contributed by atoms with Gasteiger partial charge < -0.3 is 10.1 Å². The molecule has 1 fully saturated rings. The van der Waals surface area contributed by atoms with Crippen LogP contribution in [0, 0.1) is 11.6 Å². The summed E-state index contributed by atoms with van der Waals surface area (Å²) in [4.78, 5) is 28.5. The minimum absolute atomic E-state index is 0.108. The Morgan fingerprint density at radius 2 is 1.73 bits per heavy atom. The van der Waals surface area contributed by atoms with E-state index in [9.17, 15) is 18.4 Å². The van der Waals surface area contributed by atoms with Crippen molar-refractivity contribution in [1.82, 2.24) is 9.80 Å². The van der Waals surface area contributed by atoms with Crippen LogP contribution in [0.1, 0.15) is 11.6 Å². The van der Waals surface area contributed by atoms with Gasteiger partial charge in [0, 0.05) is 43.0 Å². The van der Waals surface area contributed by atoms with Crippen molar-refractivity contribution in [2.24, 2.45) is 0 Å². The van der Waals surface area contributed by atoms with Crippen LogP contribution in [0.2, 0.25) is 5.02 Å². The fourth-order valence-electron chi connectivity index (χ4n) is 3.41. The van der Waals surface area contributed by atoms with Crippen molar-refractivity contribution in [3.8, 4) is 0 Å². The van der Waals surface area contributed by atoms with Crippen LogP contribution < -0.4 is 5.32 Å². The Labute approximate surface area is 178 Å². The van der Waals surface area contributed by atoms with E-state index < -0.39 is 17.7 Å². The van der Waals surface area contributed by atoms with E-state index in [-0.39, 0.29) is 24.1 Å². The molecule has 2 aromatic rings. The number of piperazine rings is 1. The normalized spacial score (nSPS) is 16.1. The number of rotatable bonds is 6. The van der Waals surface area contributed by atoms with Crippen molar-refractivity contribution in [3.05, 3.63) is 64.7 Å². The molecule has 1 aliphatic heterocycles. The molecule has 9 heteroatoms. The Balaban J connectivity index is 1.57. The molecule has 2 aromatic carbocycles. The summed E-state index contributed by atoms with van der Waals surface area (Å²) in [5.41, 5.74) is 0.988. The summed E-state index contributed by atoms with van der Waals surface area (Å²) in [6.45, 7) is 2.34. The molecule has 0 saturated carbocycles. The molecule has 1 aliphatic rings. The van der Waals surface area contributed by atoms with Gasteiger partial charge in [-0.25, -0.2) is 13.6 Å². The van der Waals surface area contributed by atoms with Crippen molar-refractivity contribution >= 4 is 29.2 Å². The molecule has 1 saturated heterocycles. The zero-order valence-electron chi connectivity index (χ0n) is 16.4. The summed E-state index contributed by atoms with van der Waals surface area (Å²) in [5, 5.41) is 3.14. The lowest BCUT2D eigenvalue weighted by molar-refractivity contribution is -0.148. The number of nitrogens with one attached hydrogen (secondary N) is 1. The van der Waals surface area contributed by atoms with E-state index in [1.807, 2.05) is 9.80 Å². The molecule has 1 N–H and O–H groups in total. The highest BCUT2D eigenvalue weighted by Gasteiger charge is 2.31. The molecule has 1 amide bonds. The van der Waals surface area contributed by atoms with Crippen molar-refractivity contribution in [1.29, 1.82) is 0 Å². The quantitative estimate of drug-likeness (QED) is 0.704. The summed E-state index contributed by atoms with van der Waals surface area (Å²) in [6.07, 6.45) is 0. The number of amides is 1. The fraction of sp³-hybridized carbons (Fsp3) is 0.333. The van der Waals surface area contributed by atoms with Gasteiger partial charge in [-0.3, -0.25) is 14.6 Å². The highest BCUT2D eigenvalue weighted by Crippen LogP contribution is 2.25. The van der Waals surface area contributed by atoms with Crippen molar-refractivity contribution in [3.63, 3.8) is 0 Å². The molecule has 0 aromatic heterocycles. The van der Waals surface area contributed by atoms with E-state index in [2.05, 4.69) is 5.32 Å². The molecule has 3 rings (SSSR count). The molecule has 0 spiro atoms. The number of anilines is 1. The maximum absolute atomic E-state index is 13.3. The second-order valence-corrected chi connectivity index (χ2v) is 7.40. The molecule has 0 aliphatic carbocycles. The number of benzene rings is 2. The number of hydrogen-bond donors (Lipinski definition) is 1. The highest BCUT2D eigenvalue weighted by atomic mass is 35.5. The van der Waals surface area contributed by atoms with E-state index in [0.29, 0.717) is 31.2 Å². The first-order valence-corrected chi connectivity index (χ1v) is 9.80. The highest BCUT2D eigenvalue weighted by molar-refractivity contribution is 6.30. The summed E-state index contributed by atoms with van der Waals surface area (Å²) in [5.74, 6) is -2.67. The molecule has 1 atom stereocenters. The smallest absolute Gasteiger partial charge is 0.327 e. The summed E-state index contributed by atoms with van der Waals surface area (Å²) >= 11 is 5.94. The number of carbonyl (C=O) groups excluding carboxylic acids is 2. The van der Waals surface area contributed by atoms with Crippen LogP contribution in [0.4, 0.5) is 14.5 Å². The molecule has 160 valence electrons. The van der Waals surface area contributed by atoms with Crippen LogP contribution in [0.25, 0.3) is 0 Å². The Bertz CT molecular complexity index is 903. The molecular formula is C21H22ClF2N3O3. The number of halogens is 3. The monoisotopic (exact) mass is 437 g/mol. The summed E-state index contributed by atoms with van der Waals surface area (Å²) < 4.78 is 31.2. The van der Waals surface area contributed by atoms with Gasteiger partial charge >= 0.3 is 5.97 Å². The number of esters is 1. The fourth-order valence-corrected chi connectivity index (χ4v) is 3.54. The van der Waals surface area contributed by atoms with Gasteiger partial charge in [0.15, 0.2) is 11.6 Å². The summed E-state index contributed by atoms with van der Waals surface area (Å²) in [6, 6.07) is 9.71. The molecule has 0 bridgehead atoms. The SMILES string of the molecule is COC(=O)[C@H](c1ccc(Cl)cc1)N1CCN(CC(=O)Nc2ccc(F)c(F)c2)CC1. The molecule has 1 heterocycles. The second-order valence-electron chi connectivity index (χ2n) is 6.97. The first-order valence-electron chi connectivity index (χ1n) is 9.42. The van der Waals surface area contributed by atoms with E-state index >= 15 is 0 Å². The van der Waals surface area contributed by atoms with Gasteiger partial charge in [0.05, 0.1) is 13.7 Å². The topological polar surface area (TPSA) is 61.9 Å². The molecular weight excluding hydrogens is 416 g/mol. The van der Waals surface area contributed by atoms with Gasteiger partial charge in [-0.15, -0.1) is 0 Å². The van der Waals surface area contributed by atoms with Gasteiger partial charge in [-0.2, -0.15) is 0 Å². The molecule has 30 heavy (non-hydrogen) atoms. The predicted octanol–water partition coefficient (Wildman–Crippen LogP) is 3.09. The average molecular weight is 438 g/mol. The third-order valence-electron chi connectivity index (χ3n) is 4.95. The Hall–Kier alpha value is -2.55. The Morgan fingerprint density at radius 1 is 1.07 bits per heavy atom. The number of nitrogens with zero attached hydrogens (tertiary/aromatic N) is 2. The Kier molecular flexibility index (Phi) is 7.36. The maximum Gasteiger partial charge on any atom is 0.327 e. The zero-order chi connectivity index (χ0) is 21.7. The molecule has 0 unspecified atom stereocenters. The maximum atomic E-state index is 13.3. The first-order chi connectivity index (χ1) is 14.4. The standard InChI is InChI=1S/C21H22ClF2N3O3/c1-30-21(29)20(14-2-4-15(22)5-3-14)27-10-8-26(9-11-27)13-19(28)25-16-6-7-17(23)18(24)12-16/h2-7,12,20H,8-11,13H2,1H3,(H,25,28)/t20-/m0/s1. The largest absolute Gasteiger partial charge is 0.468 e. The second kappa shape index (κ2) is 9.97. The van der Waals surface area contributed by atoms with Crippen LogP contribution in [-0.2, 0) is 14.3 Å². The van der Waals surface area contributed by atoms with Crippen LogP contribution in [0.5, 0.6) is 0 Å². The van der Waals surface area contributed by atoms with E-state index in [1.165, 1.54) is 13.2 Å². The minimum Gasteiger partial charge on any atom is -0.468 e. The van der Waals surface area contributed by atoms with Crippen LogP contribution in [0.3, 0.4) is 0 Å². The van der Waals surface area contributed by atoms with Crippen LogP contribution in [0.15, 0.2) is 42.5 Å². The number of methoxy groups -OCH3 is 1. The molecule has 6 nitrogen and oxygen atoms in total. The lowest BCUT2D eigenvalue weighted by Gasteiger charge is -2.38. The van der Waals surface area contributed by atoms with Crippen molar-refractivity contribution < 1.29 is 23.1 Å². The van der Waals surface area contributed by atoms with Crippen LogP contribution in [-0.4, -0.2) is 61.5 Å². The zero-order valence-corrected chi connectivity index (χ0v) is 17.2. The molecule has 0 radical (unpaired) electrons. The summed E-state index contributed by atoms with van der Waals surface area (Å²) in [7, 11) is 1.35.